The maximum Gasteiger partial charge on any atom is 0.320 e. The van der Waals surface area contributed by atoms with E-state index in [1.807, 2.05) is 4.90 Å². The summed E-state index contributed by atoms with van der Waals surface area (Å²) in [5, 5.41) is 0.573. The van der Waals surface area contributed by atoms with E-state index in [2.05, 4.69) is 14.8 Å². The van der Waals surface area contributed by atoms with Gasteiger partial charge in [-0.3, -0.25) is 4.98 Å². The molecule has 2 bridgehead atoms. The van der Waals surface area contributed by atoms with Crippen LogP contribution in [0.4, 0.5) is 16.2 Å². The van der Waals surface area contributed by atoms with Crippen LogP contribution in [0.1, 0.15) is 32.1 Å². The number of anilines is 2. The number of urea groups is 1. The predicted molar refractivity (Wildman–Crippen MR) is 99.9 cm³/mol. The lowest BCUT2D eigenvalue weighted by Gasteiger charge is -2.40. The third kappa shape index (κ3) is 3.24. The molecule has 1 saturated carbocycles. The summed E-state index contributed by atoms with van der Waals surface area (Å²) in [6, 6.07) is 0.676. The van der Waals surface area contributed by atoms with Crippen LogP contribution in [0.15, 0.2) is 12.4 Å². The molecule has 7 heteroatoms. The number of halogens is 1. The highest BCUT2D eigenvalue weighted by atomic mass is 35.5. The molecule has 4 heterocycles. The number of nitrogen functional groups attached to an aromatic ring is 1. The van der Waals surface area contributed by atoms with Gasteiger partial charge in [-0.2, -0.15) is 0 Å². The maximum absolute atomic E-state index is 13.0. The lowest BCUT2D eigenvalue weighted by Crippen LogP contribution is -2.55. The molecule has 25 heavy (non-hydrogen) atoms. The minimum Gasteiger partial charge on any atom is -0.396 e. The SMILES string of the molecule is Nc1cncc(Cl)c1N1CCN(C(=O)N2CCC3CCC2CC3)CC1. The summed E-state index contributed by atoms with van der Waals surface area (Å²) < 4.78 is 0. The fourth-order valence-electron chi connectivity index (χ4n) is 4.58. The summed E-state index contributed by atoms with van der Waals surface area (Å²) in [5.74, 6) is 0.836. The monoisotopic (exact) mass is 363 g/mol. The van der Waals surface area contributed by atoms with Gasteiger partial charge < -0.3 is 20.4 Å². The molecule has 4 aliphatic rings. The summed E-state index contributed by atoms with van der Waals surface area (Å²) >= 11 is 6.27. The standard InChI is InChI=1S/C18H26ClN5O/c19-15-11-21-12-16(20)17(15)22-7-9-23(10-8-22)18(25)24-6-5-13-1-3-14(24)4-2-13/h11-14H,1-10,20H2. The van der Waals surface area contributed by atoms with Crippen LogP contribution in [-0.4, -0.2) is 59.6 Å². The Hall–Kier alpha value is -1.69. The Morgan fingerprint density at radius 2 is 1.76 bits per heavy atom. The molecule has 3 aliphatic heterocycles. The number of rotatable bonds is 1. The number of hydrogen-bond donors (Lipinski definition) is 1. The van der Waals surface area contributed by atoms with Gasteiger partial charge in [-0.05, 0) is 38.0 Å². The number of nitrogens with two attached hydrogens (primary N) is 1. The van der Waals surface area contributed by atoms with Crippen molar-refractivity contribution in [1.29, 1.82) is 0 Å². The summed E-state index contributed by atoms with van der Waals surface area (Å²) in [6.07, 6.45) is 9.37. The van der Waals surface area contributed by atoms with Crippen LogP contribution in [-0.2, 0) is 0 Å². The second-order valence-electron chi connectivity index (χ2n) is 7.47. The fraction of sp³-hybridized carbons (Fsp3) is 0.667. The van der Waals surface area contributed by atoms with Crippen molar-refractivity contribution in [3.05, 3.63) is 17.4 Å². The smallest absolute Gasteiger partial charge is 0.320 e. The Bertz CT molecular complexity index is 618. The molecule has 0 radical (unpaired) electrons. The first-order valence-electron chi connectivity index (χ1n) is 9.33. The van der Waals surface area contributed by atoms with Gasteiger partial charge in [-0.1, -0.05) is 11.6 Å². The average molecular weight is 364 g/mol. The summed E-state index contributed by atoms with van der Waals surface area (Å²) in [7, 11) is 0. The minimum atomic E-state index is 0.223. The third-order valence-electron chi connectivity index (χ3n) is 6.05. The number of carbonyl (C=O) groups excluding carboxylic acids is 1. The van der Waals surface area contributed by atoms with Gasteiger partial charge >= 0.3 is 6.03 Å². The molecule has 1 aromatic rings. The Kier molecular flexibility index (Phi) is 4.63. The van der Waals surface area contributed by atoms with Gasteiger partial charge in [-0.15, -0.1) is 0 Å². The fourth-order valence-corrected chi connectivity index (χ4v) is 4.87. The summed E-state index contributed by atoms with van der Waals surface area (Å²) in [4.78, 5) is 23.4. The molecule has 0 spiro atoms. The van der Waals surface area contributed by atoms with Crippen molar-refractivity contribution in [2.24, 2.45) is 5.92 Å². The number of hydrogen-bond acceptors (Lipinski definition) is 4. The van der Waals surface area contributed by atoms with Crippen molar-refractivity contribution < 1.29 is 4.79 Å². The molecule has 1 aromatic heterocycles. The molecule has 0 aromatic carbocycles. The first-order chi connectivity index (χ1) is 12.1. The summed E-state index contributed by atoms with van der Waals surface area (Å²) in [6.45, 7) is 3.85. The molecule has 2 N–H and O–H groups in total. The molecule has 3 saturated heterocycles. The van der Waals surface area contributed by atoms with Crippen LogP contribution in [0.5, 0.6) is 0 Å². The number of carbonyl (C=O) groups is 1. The first kappa shape index (κ1) is 16.8. The van der Waals surface area contributed by atoms with Crippen LogP contribution in [0.2, 0.25) is 5.02 Å². The highest BCUT2D eigenvalue weighted by molar-refractivity contribution is 6.33. The third-order valence-corrected chi connectivity index (χ3v) is 6.33. The second kappa shape index (κ2) is 6.90. The first-order valence-corrected chi connectivity index (χ1v) is 9.70. The zero-order valence-electron chi connectivity index (χ0n) is 14.5. The van der Waals surface area contributed by atoms with E-state index in [0.29, 0.717) is 29.8 Å². The van der Waals surface area contributed by atoms with E-state index in [-0.39, 0.29) is 6.03 Å². The molecular weight excluding hydrogens is 338 g/mol. The molecule has 5 rings (SSSR count). The zero-order chi connectivity index (χ0) is 17.4. The summed E-state index contributed by atoms with van der Waals surface area (Å²) in [5.41, 5.74) is 7.48. The van der Waals surface area contributed by atoms with Crippen molar-refractivity contribution in [3.8, 4) is 0 Å². The van der Waals surface area contributed by atoms with Crippen molar-refractivity contribution in [1.82, 2.24) is 14.8 Å². The van der Waals surface area contributed by atoms with Crippen LogP contribution < -0.4 is 10.6 Å². The molecule has 0 unspecified atom stereocenters. The van der Waals surface area contributed by atoms with Crippen molar-refractivity contribution in [2.75, 3.05) is 43.4 Å². The Morgan fingerprint density at radius 3 is 2.44 bits per heavy atom. The lowest BCUT2D eigenvalue weighted by atomic mass is 9.86. The molecule has 6 nitrogen and oxygen atoms in total. The number of nitrogens with zero attached hydrogens (tertiary/aromatic N) is 4. The van der Waals surface area contributed by atoms with Crippen LogP contribution >= 0.6 is 11.6 Å². The van der Waals surface area contributed by atoms with Gasteiger partial charge in [0.15, 0.2) is 0 Å². The van der Waals surface area contributed by atoms with Crippen LogP contribution in [0.3, 0.4) is 0 Å². The maximum atomic E-state index is 13.0. The largest absolute Gasteiger partial charge is 0.396 e. The van der Waals surface area contributed by atoms with E-state index < -0.39 is 0 Å². The Balaban J connectivity index is 1.41. The zero-order valence-corrected chi connectivity index (χ0v) is 15.3. The Labute approximate surface area is 153 Å². The van der Waals surface area contributed by atoms with Gasteiger partial charge in [0.2, 0.25) is 0 Å². The number of pyridine rings is 1. The van der Waals surface area contributed by atoms with Crippen molar-refractivity contribution in [3.63, 3.8) is 0 Å². The van der Waals surface area contributed by atoms with E-state index in [1.54, 1.807) is 12.4 Å². The molecular formula is C18H26ClN5O. The lowest BCUT2D eigenvalue weighted by molar-refractivity contribution is 0.128. The van der Waals surface area contributed by atoms with Crippen molar-refractivity contribution >= 4 is 29.0 Å². The Morgan fingerprint density at radius 1 is 1.04 bits per heavy atom. The minimum absolute atomic E-state index is 0.223. The highest BCUT2D eigenvalue weighted by Crippen LogP contribution is 2.35. The van der Waals surface area contributed by atoms with E-state index in [9.17, 15) is 4.79 Å². The highest BCUT2D eigenvalue weighted by Gasteiger charge is 2.35. The average Bonchev–Trinajstić information content (AvgIpc) is 2.95. The number of aromatic nitrogens is 1. The van der Waals surface area contributed by atoms with E-state index in [0.717, 1.165) is 31.2 Å². The molecule has 1 aliphatic carbocycles. The van der Waals surface area contributed by atoms with Crippen LogP contribution in [0, 0.1) is 5.92 Å². The van der Waals surface area contributed by atoms with Gasteiger partial charge in [0.1, 0.15) is 0 Å². The molecule has 4 fully saturated rings. The molecule has 2 amide bonds. The number of piperazine rings is 1. The van der Waals surface area contributed by atoms with E-state index in [1.165, 1.54) is 32.1 Å². The van der Waals surface area contributed by atoms with Crippen molar-refractivity contribution in [2.45, 2.75) is 38.1 Å². The van der Waals surface area contributed by atoms with Gasteiger partial charge in [-0.25, -0.2) is 4.79 Å². The molecule has 136 valence electrons. The number of amides is 2. The van der Waals surface area contributed by atoms with Gasteiger partial charge in [0, 0.05) is 45.0 Å². The normalized spacial score (nSPS) is 26.7. The quantitative estimate of drug-likeness (QED) is 0.833. The topological polar surface area (TPSA) is 65.7 Å². The molecule has 0 atom stereocenters. The van der Waals surface area contributed by atoms with E-state index in [4.69, 9.17) is 17.3 Å². The van der Waals surface area contributed by atoms with Gasteiger partial charge in [0.25, 0.3) is 0 Å². The predicted octanol–water partition coefficient (Wildman–Crippen LogP) is 2.82. The van der Waals surface area contributed by atoms with Gasteiger partial charge in [0.05, 0.1) is 22.6 Å². The van der Waals surface area contributed by atoms with Crippen LogP contribution in [0.25, 0.3) is 0 Å². The number of fused-ring (bicyclic) bond motifs is 4. The second-order valence-corrected chi connectivity index (χ2v) is 7.88. The van der Waals surface area contributed by atoms with E-state index >= 15 is 0 Å².